The fourth-order valence-corrected chi connectivity index (χ4v) is 10.4. The molecule has 2 unspecified atom stereocenters. The van der Waals surface area contributed by atoms with Crippen LogP contribution in [0.2, 0.25) is 0 Å². The standard InChI is InChI=1S/C68H60N2O10/c1-67(53-35-46(30-41-2-18-57(71)19-3-41)64(77)47(36-53)31-42-4-20-58(72)21-5-42,54-37-50(34-45-10-26-61(75)27-11-45)66(79)63(40-54)70-56-16-28-62(76)29-17-56)51-12-14-52(15-13-51)68(69,80)55-38-48(32-43-6-22-59(73)23-7-43)65(78)49(39-55)33-44-8-24-60(74)25-9-44/h2-29,35-40,70-80H,30-34,69H2,1H3. The van der Waals surface area contributed by atoms with Gasteiger partial charge in [-0.3, -0.25) is 5.73 Å². The molecule has 0 aliphatic carbocycles. The number of anilines is 2. The Bertz CT molecular complexity index is 3450. The van der Waals surface area contributed by atoms with Crippen molar-refractivity contribution in [3.8, 4) is 51.7 Å². The second-order valence-electron chi connectivity index (χ2n) is 20.7. The van der Waals surface area contributed by atoms with Crippen molar-refractivity contribution in [1.29, 1.82) is 0 Å². The largest absolute Gasteiger partial charge is 0.508 e. The lowest BCUT2D eigenvalue weighted by atomic mass is 9.69. The molecule has 10 rings (SSSR count). The molecule has 0 bridgehead atoms. The van der Waals surface area contributed by atoms with Crippen LogP contribution >= 0.6 is 0 Å². The van der Waals surface area contributed by atoms with E-state index in [2.05, 4.69) is 5.32 Å². The van der Waals surface area contributed by atoms with Crippen molar-refractivity contribution in [1.82, 2.24) is 0 Å². The molecule has 80 heavy (non-hydrogen) atoms. The molecule has 12 heteroatoms. The molecule has 2 atom stereocenters. The van der Waals surface area contributed by atoms with Gasteiger partial charge in [0.25, 0.3) is 0 Å². The quantitative estimate of drug-likeness (QED) is 0.0176. The van der Waals surface area contributed by atoms with Crippen LogP contribution in [0, 0.1) is 0 Å². The van der Waals surface area contributed by atoms with E-state index in [1.807, 2.05) is 43.3 Å². The first kappa shape index (κ1) is 53.5. The molecule has 12 nitrogen and oxygen atoms in total. The zero-order chi connectivity index (χ0) is 56.3. The summed E-state index contributed by atoms with van der Waals surface area (Å²) < 4.78 is 0. The second-order valence-corrected chi connectivity index (χ2v) is 20.7. The average molecular weight is 1070 g/mol. The number of hydrogen-bond donors (Lipinski definition) is 12. The van der Waals surface area contributed by atoms with Crippen LogP contribution < -0.4 is 11.1 Å². The Morgan fingerprint density at radius 2 is 0.575 bits per heavy atom. The van der Waals surface area contributed by atoms with Crippen molar-refractivity contribution in [3.05, 3.63) is 290 Å². The van der Waals surface area contributed by atoms with E-state index in [1.165, 1.54) is 12.1 Å². The molecular weight excluding hydrogens is 1000 g/mol. The molecule has 10 aromatic rings. The Kier molecular flexibility index (Phi) is 14.9. The first-order valence-electron chi connectivity index (χ1n) is 26.0. The van der Waals surface area contributed by atoms with Crippen LogP contribution in [-0.4, -0.2) is 51.1 Å². The highest BCUT2D eigenvalue weighted by atomic mass is 16.3. The van der Waals surface area contributed by atoms with Gasteiger partial charge in [-0.25, -0.2) is 0 Å². The monoisotopic (exact) mass is 1060 g/mol. The highest BCUT2D eigenvalue weighted by molar-refractivity contribution is 5.72. The lowest BCUT2D eigenvalue weighted by Gasteiger charge is -2.35. The normalized spacial score (nSPS) is 12.8. The van der Waals surface area contributed by atoms with Crippen molar-refractivity contribution in [3.63, 3.8) is 0 Å². The number of nitrogens with one attached hydrogen (secondary N) is 1. The van der Waals surface area contributed by atoms with Crippen LogP contribution in [0.15, 0.2) is 206 Å². The number of phenols is 9. The molecule has 0 radical (unpaired) electrons. The van der Waals surface area contributed by atoms with Crippen molar-refractivity contribution in [2.75, 3.05) is 5.32 Å². The molecule has 10 aromatic carbocycles. The SMILES string of the molecule is CC(c1ccc(C(N)(O)c2cc(Cc3ccc(O)cc3)c(O)c(Cc3ccc(O)cc3)c2)cc1)(c1cc(Cc2ccc(O)cc2)c(O)c(Cc2ccc(O)cc2)c1)c1cc(Cc2ccc(O)cc2)c(O)c(Nc2ccc(O)cc2)c1. The van der Waals surface area contributed by atoms with E-state index in [9.17, 15) is 51.1 Å². The van der Waals surface area contributed by atoms with E-state index in [0.717, 1.165) is 38.9 Å². The number of aliphatic hydroxyl groups is 1. The smallest absolute Gasteiger partial charge is 0.166 e. The van der Waals surface area contributed by atoms with Crippen molar-refractivity contribution in [2.24, 2.45) is 5.73 Å². The van der Waals surface area contributed by atoms with Gasteiger partial charge >= 0.3 is 0 Å². The van der Waals surface area contributed by atoms with Gasteiger partial charge in [-0.05, 0) is 177 Å². The number of hydrogen-bond acceptors (Lipinski definition) is 12. The molecule has 0 aromatic heterocycles. The molecule has 13 N–H and O–H groups in total. The van der Waals surface area contributed by atoms with Gasteiger partial charge < -0.3 is 56.4 Å². The Labute approximate surface area is 463 Å². The highest BCUT2D eigenvalue weighted by Gasteiger charge is 2.36. The fourth-order valence-electron chi connectivity index (χ4n) is 10.4. The van der Waals surface area contributed by atoms with E-state index < -0.39 is 11.1 Å². The van der Waals surface area contributed by atoms with Gasteiger partial charge in [-0.1, -0.05) is 103 Å². The van der Waals surface area contributed by atoms with Crippen molar-refractivity contribution < 1.29 is 51.1 Å². The summed E-state index contributed by atoms with van der Waals surface area (Å²) in [5.41, 5.74) is 14.3. The third kappa shape index (κ3) is 11.7. The third-order valence-electron chi connectivity index (χ3n) is 15.0. The van der Waals surface area contributed by atoms with E-state index in [4.69, 9.17) is 5.73 Å². The number of phenolic OH excluding ortho intramolecular Hbond substituents is 9. The summed E-state index contributed by atoms with van der Waals surface area (Å²) in [7, 11) is 0. The number of benzene rings is 10. The van der Waals surface area contributed by atoms with Gasteiger partial charge in [0.05, 0.1) is 5.69 Å². The number of aromatic hydroxyl groups is 9. The summed E-state index contributed by atoms with van der Waals surface area (Å²) in [5.74, 6) is 0.590. The maximum absolute atomic E-state index is 12.7. The first-order chi connectivity index (χ1) is 38.4. The third-order valence-corrected chi connectivity index (χ3v) is 15.0. The zero-order valence-electron chi connectivity index (χ0n) is 43.7. The minimum Gasteiger partial charge on any atom is -0.508 e. The Morgan fingerprint density at radius 1 is 0.312 bits per heavy atom. The molecule has 0 amide bonds. The van der Waals surface area contributed by atoms with E-state index in [0.29, 0.717) is 55.9 Å². The summed E-state index contributed by atoms with van der Waals surface area (Å²) in [6, 6.07) is 58.4. The molecule has 0 fully saturated rings. The van der Waals surface area contributed by atoms with Crippen molar-refractivity contribution >= 4 is 11.4 Å². The van der Waals surface area contributed by atoms with Crippen LogP contribution in [-0.2, 0) is 43.2 Å². The summed E-state index contributed by atoms with van der Waals surface area (Å²) >= 11 is 0. The Hall–Kier alpha value is -9.88. The van der Waals surface area contributed by atoms with Crippen LogP contribution in [0.3, 0.4) is 0 Å². The molecule has 0 aliphatic rings. The maximum Gasteiger partial charge on any atom is 0.166 e. The fraction of sp³-hybridized carbons (Fsp3) is 0.118. The summed E-state index contributed by atoms with van der Waals surface area (Å²) in [5, 5.41) is 113. The molecule has 0 heterocycles. The van der Waals surface area contributed by atoms with Crippen LogP contribution in [0.5, 0.6) is 51.7 Å². The predicted molar refractivity (Wildman–Crippen MR) is 309 cm³/mol. The molecule has 402 valence electrons. The second kappa shape index (κ2) is 22.2. The Balaban J connectivity index is 1.16. The zero-order valence-corrected chi connectivity index (χ0v) is 43.7. The van der Waals surface area contributed by atoms with Crippen LogP contribution in [0.1, 0.15) is 90.4 Å². The van der Waals surface area contributed by atoms with Gasteiger partial charge in [0.1, 0.15) is 51.7 Å². The van der Waals surface area contributed by atoms with Gasteiger partial charge in [0.15, 0.2) is 5.72 Å². The highest BCUT2D eigenvalue weighted by Crippen LogP contribution is 2.47. The van der Waals surface area contributed by atoms with Gasteiger partial charge in [0.2, 0.25) is 0 Å². The van der Waals surface area contributed by atoms with E-state index >= 15 is 0 Å². The summed E-state index contributed by atoms with van der Waals surface area (Å²) in [6.07, 6.45) is 1.31. The molecule has 0 saturated heterocycles. The first-order valence-corrected chi connectivity index (χ1v) is 26.0. The average Bonchev–Trinajstić information content (AvgIpc) is 3.61. The van der Waals surface area contributed by atoms with E-state index in [1.54, 1.807) is 158 Å². The van der Waals surface area contributed by atoms with Gasteiger partial charge in [-0.15, -0.1) is 0 Å². The number of nitrogens with two attached hydrogens (primary N) is 1. The lowest BCUT2D eigenvalue weighted by Crippen LogP contribution is -2.38. The van der Waals surface area contributed by atoms with Crippen LogP contribution in [0.4, 0.5) is 11.4 Å². The Morgan fingerprint density at radius 3 is 0.900 bits per heavy atom. The number of rotatable bonds is 17. The van der Waals surface area contributed by atoms with Crippen LogP contribution in [0.25, 0.3) is 0 Å². The van der Waals surface area contributed by atoms with Gasteiger partial charge in [0, 0.05) is 59.9 Å². The minimum absolute atomic E-state index is 0.0122. The minimum atomic E-state index is -2.12. The van der Waals surface area contributed by atoms with Gasteiger partial charge in [-0.2, -0.15) is 0 Å². The summed E-state index contributed by atoms with van der Waals surface area (Å²) in [4.78, 5) is 0. The molecule has 0 aliphatic heterocycles. The van der Waals surface area contributed by atoms with E-state index in [-0.39, 0.29) is 83.8 Å². The molecule has 0 saturated carbocycles. The van der Waals surface area contributed by atoms with Crippen molar-refractivity contribution in [2.45, 2.75) is 50.2 Å². The maximum atomic E-state index is 12.7. The summed E-state index contributed by atoms with van der Waals surface area (Å²) in [6.45, 7) is 2.05. The topological polar surface area (TPSA) is 240 Å². The lowest BCUT2D eigenvalue weighted by molar-refractivity contribution is 0.0881. The molecule has 0 spiro atoms. The molecular formula is C68H60N2O10. The predicted octanol–water partition coefficient (Wildman–Crippen LogP) is 12.2.